The van der Waals surface area contributed by atoms with E-state index in [9.17, 15) is 19.2 Å². The summed E-state index contributed by atoms with van der Waals surface area (Å²) in [4.78, 5) is 47.4. The van der Waals surface area contributed by atoms with Gasteiger partial charge in [-0.3, -0.25) is 24.1 Å². The number of carbonyl (C=O) groups excluding carboxylic acids is 4. The minimum atomic E-state index is -0.643. The van der Waals surface area contributed by atoms with E-state index in [1.807, 2.05) is 0 Å². The molecule has 1 aliphatic rings. The highest BCUT2D eigenvalue weighted by Gasteiger charge is 2.35. The zero-order chi connectivity index (χ0) is 15.4. The van der Waals surface area contributed by atoms with E-state index >= 15 is 0 Å². The first-order valence-corrected chi connectivity index (χ1v) is 6.36. The molecule has 110 valence electrons. The van der Waals surface area contributed by atoms with E-state index in [0.717, 1.165) is 4.90 Å². The van der Waals surface area contributed by atoms with E-state index in [2.05, 4.69) is 5.32 Å². The first-order chi connectivity index (χ1) is 10.0. The summed E-state index contributed by atoms with van der Waals surface area (Å²) in [6, 6.07) is 6.48. The van der Waals surface area contributed by atoms with Crippen LogP contribution in [0.3, 0.4) is 0 Å². The first kappa shape index (κ1) is 14.7. The van der Waals surface area contributed by atoms with Crippen LogP contribution in [0.2, 0.25) is 0 Å². The molecule has 2 rings (SSSR count). The third-order valence-corrected chi connectivity index (χ3v) is 3.06. The number of fused-ring (bicyclic) bond motifs is 1. The van der Waals surface area contributed by atoms with Crippen LogP contribution in [0.15, 0.2) is 24.3 Å². The second kappa shape index (κ2) is 6.17. The van der Waals surface area contributed by atoms with Gasteiger partial charge in [-0.15, -0.1) is 0 Å². The predicted octanol–water partition coefficient (Wildman–Crippen LogP) is -0.0381. The highest BCUT2D eigenvalue weighted by molar-refractivity contribution is 6.21. The molecule has 0 unspecified atom stereocenters. The van der Waals surface area contributed by atoms with Crippen molar-refractivity contribution >= 4 is 23.7 Å². The minimum absolute atomic E-state index is 0.0705. The Morgan fingerprint density at radius 3 is 2.24 bits per heavy atom. The largest absolute Gasteiger partial charge is 0.456 e. The van der Waals surface area contributed by atoms with Gasteiger partial charge >= 0.3 is 5.97 Å². The van der Waals surface area contributed by atoms with Crippen molar-refractivity contribution in [1.29, 1.82) is 0 Å². The van der Waals surface area contributed by atoms with Crippen LogP contribution in [0.4, 0.5) is 0 Å². The number of hydrogen-bond donors (Lipinski definition) is 1. The molecule has 0 fully saturated rings. The molecule has 3 amide bonds. The maximum absolute atomic E-state index is 12.0. The van der Waals surface area contributed by atoms with Gasteiger partial charge in [0.05, 0.1) is 17.5 Å². The summed E-state index contributed by atoms with van der Waals surface area (Å²) in [5.41, 5.74) is 0.669. The summed E-state index contributed by atoms with van der Waals surface area (Å²) >= 11 is 0. The van der Waals surface area contributed by atoms with Crippen LogP contribution in [-0.4, -0.2) is 48.8 Å². The Morgan fingerprint density at radius 1 is 1.14 bits per heavy atom. The number of likely N-dealkylation sites (N-methyl/N-ethyl adjacent to an activating group) is 1. The number of rotatable bonds is 5. The molecule has 0 bridgehead atoms. The van der Waals surface area contributed by atoms with E-state index in [1.54, 1.807) is 24.3 Å². The van der Waals surface area contributed by atoms with Gasteiger partial charge in [-0.1, -0.05) is 12.1 Å². The summed E-state index contributed by atoms with van der Waals surface area (Å²) in [6.45, 7) is -0.448. The molecule has 1 aliphatic heterocycles. The second-order valence-electron chi connectivity index (χ2n) is 4.39. The number of ether oxygens (including phenoxy) is 1. The average Bonchev–Trinajstić information content (AvgIpc) is 2.75. The molecular weight excluding hydrogens is 276 g/mol. The zero-order valence-electron chi connectivity index (χ0n) is 11.4. The fraction of sp³-hybridized carbons (Fsp3) is 0.286. The van der Waals surface area contributed by atoms with Gasteiger partial charge in [0.25, 0.3) is 17.7 Å². The molecular formula is C14H14N2O5. The fourth-order valence-corrected chi connectivity index (χ4v) is 1.94. The second-order valence-corrected chi connectivity index (χ2v) is 4.39. The number of nitrogens with zero attached hydrogens (tertiary/aromatic N) is 1. The average molecular weight is 290 g/mol. The van der Waals surface area contributed by atoms with Gasteiger partial charge in [0.2, 0.25) is 0 Å². The Hall–Kier alpha value is -2.70. The van der Waals surface area contributed by atoms with Crippen molar-refractivity contribution in [2.45, 2.75) is 6.42 Å². The Labute approximate surface area is 120 Å². The Morgan fingerprint density at radius 2 is 1.71 bits per heavy atom. The van der Waals surface area contributed by atoms with Crippen LogP contribution in [0, 0.1) is 0 Å². The minimum Gasteiger partial charge on any atom is -0.456 e. The van der Waals surface area contributed by atoms with Gasteiger partial charge in [0, 0.05) is 13.6 Å². The zero-order valence-corrected chi connectivity index (χ0v) is 11.4. The Balaban J connectivity index is 1.91. The Bertz CT molecular complexity index is 576. The maximum atomic E-state index is 12.0. The highest BCUT2D eigenvalue weighted by atomic mass is 16.5. The molecule has 7 heteroatoms. The van der Waals surface area contributed by atoms with E-state index in [4.69, 9.17) is 4.74 Å². The van der Waals surface area contributed by atoms with E-state index in [1.165, 1.54) is 7.05 Å². The molecule has 1 aromatic carbocycles. The SMILES string of the molecule is CNC(=O)COC(=O)CCN1C(=O)c2ccccc2C1=O. The molecule has 0 saturated carbocycles. The van der Waals surface area contributed by atoms with Crippen molar-refractivity contribution in [3.8, 4) is 0 Å². The van der Waals surface area contributed by atoms with E-state index < -0.39 is 23.7 Å². The summed E-state index contributed by atoms with van der Waals surface area (Å²) < 4.78 is 4.70. The molecule has 0 aromatic heterocycles. The van der Waals surface area contributed by atoms with Crippen molar-refractivity contribution in [2.24, 2.45) is 0 Å². The van der Waals surface area contributed by atoms with Crippen LogP contribution in [0.1, 0.15) is 27.1 Å². The van der Waals surface area contributed by atoms with Crippen molar-refractivity contribution in [3.05, 3.63) is 35.4 Å². The van der Waals surface area contributed by atoms with Gasteiger partial charge in [-0.2, -0.15) is 0 Å². The number of carbonyl (C=O) groups is 4. The van der Waals surface area contributed by atoms with Crippen LogP contribution in [-0.2, 0) is 14.3 Å². The summed E-state index contributed by atoms with van der Waals surface area (Å²) in [5, 5.41) is 2.31. The number of esters is 1. The van der Waals surface area contributed by atoms with Crippen molar-refractivity contribution in [3.63, 3.8) is 0 Å². The van der Waals surface area contributed by atoms with Gasteiger partial charge in [-0.05, 0) is 12.1 Å². The number of imide groups is 1. The van der Waals surface area contributed by atoms with Crippen LogP contribution in [0.5, 0.6) is 0 Å². The predicted molar refractivity (Wildman–Crippen MR) is 71.5 cm³/mol. The lowest BCUT2D eigenvalue weighted by Gasteiger charge is -2.12. The van der Waals surface area contributed by atoms with Gasteiger partial charge in [0.15, 0.2) is 6.61 Å². The lowest BCUT2D eigenvalue weighted by Crippen LogP contribution is -2.33. The number of benzene rings is 1. The highest BCUT2D eigenvalue weighted by Crippen LogP contribution is 2.22. The maximum Gasteiger partial charge on any atom is 0.308 e. The summed E-state index contributed by atoms with van der Waals surface area (Å²) in [7, 11) is 1.43. The third-order valence-electron chi connectivity index (χ3n) is 3.06. The molecule has 1 aromatic rings. The van der Waals surface area contributed by atoms with Crippen molar-refractivity contribution < 1.29 is 23.9 Å². The van der Waals surface area contributed by atoms with E-state index in [0.29, 0.717) is 11.1 Å². The molecule has 0 spiro atoms. The fourth-order valence-electron chi connectivity index (χ4n) is 1.94. The quantitative estimate of drug-likeness (QED) is 0.607. The van der Waals surface area contributed by atoms with Crippen LogP contribution < -0.4 is 5.32 Å². The van der Waals surface area contributed by atoms with E-state index in [-0.39, 0.29) is 19.6 Å². The molecule has 1 N–H and O–H groups in total. The summed E-state index contributed by atoms with van der Waals surface area (Å²) in [5.74, 6) is -1.91. The molecule has 0 aliphatic carbocycles. The van der Waals surface area contributed by atoms with Crippen LogP contribution in [0.25, 0.3) is 0 Å². The smallest absolute Gasteiger partial charge is 0.308 e. The number of hydrogen-bond acceptors (Lipinski definition) is 5. The normalized spacial score (nSPS) is 13.1. The molecule has 0 atom stereocenters. The number of amides is 3. The van der Waals surface area contributed by atoms with Gasteiger partial charge in [0.1, 0.15) is 0 Å². The lowest BCUT2D eigenvalue weighted by molar-refractivity contribution is -0.148. The molecule has 0 saturated heterocycles. The first-order valence-electron chi connectivity index (χ1n) is 6.36. The topological polar surface area (TPSA) is 92.8 Å². The number of nitrogens with one attached hydrogen (secondary N) is 1. The molecule has 0 radical (unpaired) electrons. The molecule has 7 nitrogen and oxygen atoms in total. The van der Waals surface area contributed by atoms with Crippen molar-refractivity contribution in [1.82, 2.24) is 10.2 Å². The summed E-state index contributed by atoms with van der Waals surface area (Å²) in [6.07, 6.45) is -0.150. The van der Waals surface area contributed by atoms with Crippen molar-refractivity contribution in [2.75, 3.05) is 20.2 Å². The monoisotopic (exact) mass is 290 g/mol. The van der Waals surface area contributed by atoms with Gasteiger partial charge in [-0.25, -0.2) is 0 Å². The standard InChI is InChI=1S/C14H14N2O5/c1-15-11(17)8-21-12(18)6-7-16-13(19)9-4-2-3-5-10(9)14(16)20/h2-5H,6-8H2,1H3,(H,15,17). The lowest BCUT2D eigenvalue weighted by atomic mass is 10.1. The van der Waals surface area contributed by atoms with Gasteiger partial charge < -0.3 is 10.1 Å². The third kappa shape index (κ3) is 3.07. The van der Waals surface area contributed by atoms with Crippen LogP contribution >= 0.6 is 0 Å². The molecule has 21 heavy (non-hydrogen) atoms. The Kier molecular flexibility index (Phi) is 4.32. The molecule has 1 heterocycles.